The van der Waals surface area contributed by atoms with Crippen LogP contribution in [0.25, 0.3) is 5.65 Å². The largest absolute Gasteiger partial charge is 0.465 e. The molecular weight excluding hydrogens is 250 g/mol. The van der Waals surface area contributed by atoms with E-state index in [2.05, 4.69) is 30.9 Å². The highest BCUT2D eigenvalue weighted by molar-refractivity contribution is 9.10. The molecule has 2 rings (SSSR count). The number of nitrogens with zero attached hydrogens (tertiary/aromatic N) is 3. The molecule has 72 valence electrons. The zero-order valence-corrected chi connectivity index (χ0v) is 8.85. The number of ether oxygens (including phenoxy) is 1. The fraction of sp³-hybridized carbons (Fsp3) is 0.125. The van der Waals surface area contributed by atoms with Crippen LogP contribution < -0.4 is 0 Å². The van der Waals surface area contributed by atoms with E-state index in [1.807, 2.05) is 0 Å². The van der Waals surface area contributed by atoms with E-state index in [1.165, 1.54) is 13.4 Å². The van der Waals surface area contributed by atoms with Crippen molar-refractivity contribution in [3.05, 3.63) is 28.6 Å². The molecule has 6 heteroatoms. The second kappa shape index (κ2) is 3.38. The molecule has 0 aromatic carbocycles. The average Bonchev–Trinajstić information content (AvgIpc) is 2.64. The monoisotopic (exact) mass is 255 g/mol. The molecule has 0 bridgehead atoms. The summed E-state index contributed by atoms with van der Waals surface area (Å²) in [6.07, 6.45) is 3.14. The van der Waals surface area contributed by atoms with Crippen molar-refractivity contribution in [1.82, 2.24) is 14.6 Å². The highest BCUT2D eigenvalue weighted by Crippen LogP contribution is 2.17. The first-order valence-electron chi connectivity index (χ1n) is 3.79. The summed E-state index contributed by atoms with van der Waals surface area (Å²) in [7, 11) is 1.34. The quantitative estimate of drug-likeness (QED) is 0.721. The number of carbonyl (C=O) groups excluding carboxylic acids is 1. The topological polar surface area (TPSA) is 56.5 Å². The minimum Gasteiger partial charge on any atom is -0.465 e. The third kappa shape index (κ3) is 1.37. The molecule has 5 nitrogen and oxygen atoms in total. The number of pyridine rings is 1. The summed E-state index contributed by atoms with van der Waals surface area (Å²) in [6.45, 7) is 0. The number of carbonyl (C=O) groups is 1. The lowest BCUT2D eigenvalue weighted by atomic mass is 10.3. The zero-order valence-electron chi connectivity index (χ0n) is 7.27. The first-order chi connectivity index (χ1) is 6.72. The third-order valence-electron chi connectivity index (χ3n) is 1.77. The van der Waals surface area contributed by atoms with Gasteiger partial charge in [0.05, 0.1) is 17.1 Å². The standard InChI is InChI=1S/C8H6BrN3O2/c1-14-8(13)5-2-6(9)7-11-10-4-12(7)3-5/h2-4H,1H3. The number of halogens is 1. The number of methoxy groups -OCH3 is 1. The number of hydrogen-bond acceptors (Lipinski definition) is 4. The first-order valence-corrected chi connectivity index (χ1v) is 4.59. The van der Waals surface area contributed by atoms with Gasteiger partial charge in [-0.3, -0.25) is 4.40 Å². The molecule has 0 aliphatic carbocycles. The van der Waals surface area contributed by atoms with Crippen LogP contribution in [-0.2, 0) is 4.74 Å². The number of esters is 1. The van der Waals surface area contributed by atoms with Crippen LogP contribution in [0.5, 0.6) is 0 Å². The minimum atomic E-state index is -0.388. The van der Waals surface area contributed by atoms with Crippen LogP contribution in [0.4, 0.5) is 0 Å². The Morgan fingerprint density at radius 3 is 3.14 bits per heavy atom. The summed E-state index contributed by atoms with van der Waals surface area (Å²) < 4.78 is 6.96. The van der Waals surface area contributed by atoms with Crippen LogP contribution in [0.1, 0.15) is 10.4 Å². The van der Waals surface area contributed by atoms with Crippen LogP contribution in [0.2, 0.25) is 0 Å². The Kier molecular flexibility index (Phi) is 2.20. The van der Waals surface area contributed by atoms with Gasteiger partial charge in [0.2, 0.25) is 0 Å². The lowest BCUT2D eigenvalue weighted by Gasteiger charge is -2.01. The van der Waals surface area contributed by atoms with Crippen molar-refractivity contribution in [3.8, 4) is 0 Å². The van der Waals surface area contributed by atoms with Gasteiger partial charge in [-0.15, -0.1) is 10.2 Å². The van der Waals surface area contributed by atoms with Gasteiger partial charge in [-0.05, 0) is 22.0 Å². The van der Waals surface area contributed by atoms with Crippen LogP contribution in [0, 0.1) is 0 Å². The van der Waals surface area contributed by atoms with Crippen LogP contribution in [0.3, 0.4) is 0 Å². The van der Waals surface area contributed by atoms with Gasteiger partial charge in [-0.2, -0.15) is 0 Å². The van der Waals surface area contributed by atoms with Crippen molar-refractivity contribution in [2.24, 2.45) is 0 Å². The number of fused-ring (bicyclic) bond motifs is 1. The number of hydrogen-bond donors (Lipinski definition) is 0. The van der Waals surface area contributed by atoms with Gasteiger partial charge < -0.3 is 4.74 Å². The van der Waals surface area contributed by atoms with E-state index in [0.717, 1.165) is 0 Å². The van der Waals surface area contributed by atoms with Crippen molar-refractivity contribution in [3.63, 3.8) is 0 Å². The minimum absolute atomic E-state index is 0.388. The summed E-state index contributed by atoms with van der Waals surface area (Å²) in [5.41, 5.74) is 1.12. The SMILES string of the molecule is COC(=O)c1cc(Br)c2nncn2c1. The normalized spacial score (nSPS) is 10.4. The number of rotatable bonds is 1. The predicted octanol–water partition coefficient (Wildman–Crippen LogP) is 1.28. The lowest BCUT2D eigenvalue weighted by Crippen LogP contribution is -2.03. The molecule has 2 heterocycles. The van der Waals surface area contributed by atoms with Crippen LogP contribution in [-0.4, -0.2) is 27.7 Å². The van der Waals surface area contributed by atoms with Crippen molar-refractivity contribution in [2.45, 2.75) is 0 Å². The lowest BCUT2D eigenvalue weighted by molar-refractivity contribution is 0.0600. The van der Waals surface area contributed by atoms with Gasteiger partial charge in [0, 0.05) is 6.20 Å². The van der Waals surface area contributed by atoms with Crippen molar-refractivity contribution < 1.29 is 9.53 Å². The second-order valence-electron chi connectivity index (χ2n) is 2.63. The first kappa shape index (κ1) is 9.14. The Bertz CT molecular complexity index is 494. The van der Waals surface area contributed by atoms with E-state index in [9.17, 15) is 4.79 Å². The van der Waals surface area contributed by atoms with Gasteiger partial charge >= 0.3 is 5.97 Å². The Labute approximate surface area is 87.8 Å². The summed E-state index contributed by atoms with van der Waals surface area (Å²) in [5.74, 6) is -0.388. The molecule has 0 aliphatic rings. The fourth-order valence-corrected chi connectivity index (χ4v) is 1.66. The van der Waals surface area contributed by atoms with E-state index in [1.54, 1.807) is 16.7 Å². The van der Waals surface area contributed by atoms with Gasteiger partial charge in [0.15, 0.2) is 5.65 Å². The van der Waals surface area contributed by atoms with Gasteiger partial charge in [-0.1, -0.05) is 0 Å². The van der Waals surface area contributed by atoms with Crippen LogP contribution in [0.15, 0.2) is 23.1 Å². The molecule has 0 saturated carbocycles. The second-order valence-corrected chi connectivity index (χ2v) is 3.48. The van der Waals surface area contributed by atoms with Gasteiger partial charge in [0.1, 0.15) is 6.33 Å². The van der Waals surface area contributed by atoms with E-state index in [-0.39, 0.29) is 5.97 Å². The van der Waals surface area contributed by atoms with Crippen molar-refractivity contribution in [2.75, 3.05) is 7.11 Å². The third-order valence-corrected chi connectivity index (χ3v) is 2.35. The molecule has 0 amide bonds. The fourth-order valence-electron chi connectivity index (χ4n) is 1.13. The van der Waals surface area contributed by atoms with E-state index < -0.39 is 0 Å². The van der Waals surface area contributed by atoms with Crippen molar-refractivity contribution in [1.29, 1.82) is 0 Å². The maximum atomic E-state index is 11.2. The summed E-state index contributed by atoms with van der Waals surface area (Å²) in [5, 5.41) is 7.58. The Balaban J connectivity index is 2.64. The van der Waals surface area contributed by atoms with Crippen molar-refractivity contribution >= 4 is 27.5 Å². The molecule has 0 radical (unpaired) electrons. The molecular formula is C8H6BrN3O2. The van der Waals surface area contributed by atoms with E-state index >= 15 is 0 Å². The molecule has 14 heavy (non-hydrogen) atoms. The maximum absolute atomic E-state index is 11.2. The summed E-state index contributed by atoms with van der Waals surface area (Å²) >= 11 is 3.29. The predicted molar refractivity (Wildman–Crippen MR) is 52.0 cm³/mol. The summed E-state index contributed by atoms with van der Waals surface area (Å²) in [6, 6.07) is 1.65. The van der Waals surface area contributed by atoms with E-state index in [4.69, 9.17) is 0 Å². The Hall–Kier alpha value is -1.43. The number of aromatic nitrogens is 3. The maximum Gasteiger partial charge on any atom is 0.339 e. The highest BCUT2D eigenvalue weighted by Gasteiger charge is 2.09. The Morgan fingerprint density at radius 2 is 2.43 bits per heavy atom. The summed E-state index contributed by atoms with van der Waals surface area (Å²) in [4.78, 5) is 11.2. The zero-order chi connectivity index (χ0) is 10.1. The van der Waals surface area contributed by atoms with Gasteiger partial charge in [0.25, 0.3) is 0 Å². The van der Waals surface area contributed by atoms with E-state index in [0.29, 0.717) is 15.7 Å². The molecule has 0 spiro atoms. The smallest absolute Gasteiger partial charge is 0.339 e. The molecule has 0 N–H and O–H groups in total. The Morgan fingerprint density at radius 1 is 1.64 bits per heavy atom. The molecule has 2 aromatic rings. The molecule has 2 aromatic heterocycles. The molecule has 0 fully saturated rings. The average molecular weight is 256 g/mol. The van der Waals surface area contributed by atoms with Crippen LogP contribution >= 0.6 is 15.9 Å². The molecule has 0 unspecified atom stereocenters. The molecule has 0 atom stereocenters. The van der Waals surface area contributed by atoms with Gasteiger partial charge in [-0.25, -0.2) is 4.79 Å². The highest BCUT2D eigenvalue weighted by atomic mass is 79.9. The molecule has 0 aliphatic heterocycles. The molecule has 0 saturated heterocycles.